The van der Waals surface area contributed by atoms with Crippen molar-refractivity contribution in [3.8, 4) is 0 Å². The zero-order chi connectivity index (χ0) is 8.32. The molecule has 0 aromatic rings. The van der Waals surface area contributed by atoms with Crippen molar-refractivity contribution in [2.75, 3.05) is 26.2 Å². The average molecular weight is 157 g/mol. The molecule has 0 spiro atoms. The second-order valence-electron chi connectivity index (χ2n) is 3.21. The molecule has 3 heteroatoms. The minimum Gasteiger partial charge on any atom is -0.312 e. The van der Waals surface area contributed by atoms with E-state index in [1.54, 1.807) is 0 Å². The lowest BCUT2D eigenvalue weighted by atomic mass is 10.0. The van der Waals surface area contributed by atoms with Crippen LogP contribution in [0.25, 0.3) is 0 Å². The maximum Gasteiger partial charge on any atom is 0.0813 e. The Labute approximate surface area is 68.9 Å². The number of nitrogens with zero attached hydrogens (tertiary/aromatic N) is 1. The fraction of sp³-hybridized carbons (Fsp3) is 1.00. The molecule has 1 heterocycles. The average Bonchev–Trinajstić information content (AvgIpc) is 2.05. The highest BCUT2D eigenvalue weighted by molar-refractivity contribution is 4.89. The molecule has 0 aliphatic carbocycles. The molecule has 1 rings (SSSR count). The van der Waals surface area contributed by atoms with Crippen molar-refractivity contribution in [1.82, 2.24) is 10.2 Å². The highest BCUT2D eigenvalue weighted by Gasteiger charge is 2.31. The van der Waals surface area contributed by atoms with Gasteiger partial charge in [-0.2, -0.15) is 0 Å². The van der Waals surface area contributed by atoms with Crippen molar-refractivity contribution in [3.05, 3.63) is 0 Å². The van der Waals surface area contributed by atoms with E-state index in [2.05, 4.69) is 24.1 Å². The summed E-state index contributed by atoms with van der Waals surface area (Å²) in [6.45, 7) is 8.47. The van der Waals surface area contributed by atoms with Gasteiger partial charge in [-0.05, 0) is 13.0 Å². The minimum absolute atomic E-state index is 0.0903. The van der Waals surface area contributed by atoms with Crippen molar-refractivity contribution in [1.29, 1.82) is 0 Å². The topological polar surface area (TPSA) is 41.3 Å². The summed E-state index contributed by atoms with van der Waals surface area (Å²) in [5.74, 6) is 0. The van der Waals surface area contributed by atoms with E-state index in [1.807, 2.05) is 0 Å². The van der Waals surface area contributed by atoms with E-state index in [-0.39, 0.29) is 5.66 Å². The molecule has 1 fully saturated rings. The van der Waals surface area contributed by atoms with Crippen molar-refractivity contribution < 1.29 is 0 Å². The Balaban J connectivity index is 2.57. The molecule has 0 saturated carbocycles. The van der Waals surface area contributed by atoms with Crippen LogP contribution in [0.4, 0.5) is 0 Å². The van der Waals surface area contributed by atoms with Crippen LogP contribution in [0.2, 0.25) is 0 Å². The number of nitrogens with one attached hydrogen (secondary N) is 1. The third kappa shape index (κ3) is 1.72. The maximum atomic E-state index is 6.18. The van der Waals surface area contributed by atoms with E-state index in [0.29, 0.717) is 0 Å². The molecular weight excluding hydrogens is 138 g/mol. The van der Waals surface area contributed by atoms with Crippen LogP contribution in [0.5, 0.6) is 0 Å². The van der Waals surface area contributed by atoms with E-state index in [4.69, 9.17) is 5.73 Å². The molecule has 3 N–H and O–H groups in total. The first-order chi connectivity index (χ1) is 5.23. The van der Waals surface area contributed by atoms with Crippen LogP contribution in [-0.2, 0) is 0 Å². The van der Waals surface area contributed by atoms with Gasteiger partial charge < -0.3 is 11.1 Å². The lowest BCUT2D eigenvalue weighted by Gasteiger charge is -2.43. The van der Waals surface area contributed by atoms with Gasteiger partial charge in [0.2, 0.25) is 0 Å². The van der Waals surface area contributed by atoms with E-state index < -0.39 is 0 Å². The Morgan fingerprint density at radius 3 is 2.73 bits per heavy atom. The van der Waals surface area contributed by atoms with Gasteiger partial charge in [0.1, 0.15) is 0 Å². The van der Waals surface area contributed by atoms with Crippen molar-refractivity contribution >= 4 is 0 Å². The Kier molecular flexibility index (Phi) is 2.87. The predicted octanol–water partition coefficient (Wildman–Crippen LogP) is -0.0235. The third-order valence-electron chi connectivity index (χ3n) is 2.61. The van der Waals surface area contributed by atoms with Gasteiger partial charge in [-0.3, -0.25) is 4.90 Å². The van der Waals surface area contributed by atoms with E-state index in [9.17, 15) is 0 Å². The number of hydrogen-bond donors (Lipinski definition) is 2. The van der Waals surface area contributed by atoms with Gasteiger partial charge in [0.15, 0.2) is 0 Å². The quantitative estimate of drug-likeness (QED) is 0.592. The molecular formula is C8H19N3. The first-order valence-electron chi connectivity index (χ1n) is 4.47. The molecule has 0 radical (unpaired) electrons. The van der Waals surface area contributed by atoms with Crippen molar-refractivity contribution in [3.63, 3.8) is 0 Å². The van der Waals surface area contributed by atoms with E-state index >= 15 is 0 Å². The molecule has 11 heavy (non-hydrogen) atoms. The number of hydrogen-bond acceptors (Lipinski definition) is 3. The Morgan fingerprint density at radius 2 is 2.27 bits per heavy atom. The van der Waals surface area contributed by atoms with Gasteiger partial charge in [0, 0.05) is 19.6 Å². The van der Waals surface area contributed by atoms with E-state index in [0.717, 1.165) is 32.6 Å². The van der Waals surface area contributed by atoms with Crippen LogP contribution in [0.3, 0.4) is 0 Å². The van der Waals surface area contributed by atoms with Gasteiger partial charge in [0.05, 0.1) is 5.66 Å². The van der Waals surface area contributed by atoms with Crippen molar-refractivity contribution in [2.24, 2.45) is 5.73 Å². The first-order valence-corrected chi connectivity index (χ1v) is 4.47. The Hall–Kier alpha value is -0.120. The van der Waals surface area contributed by atoms with E-state index in [1.165, 1.54) is 0 Å². The predicted molar refractivity (Wildman–Crippen MR) is 47.3 cm³/mol. The smallest absolute Gasteiger partial charge is 0.0813 e. The SMILES string of the molecule is CCN1CCNCC1(N)CC. The molecule has 0 aromatic carbocycles. The molecule has 66 valence electrons. The zero-order valence-electron chi connectivity index (χ0n) is 7.56. The second kappa shape index (κ2) is 3.52. The number of piperazine rings is 1. The van der Waals surface area contributed by atoms with Crippen LogP contribution in [0.1, 0.15) is 20.3 Å². The van der Waals surface area contributed by atoms with Crippen LogP contribution in [-0.4, -0.2) is 36.7 Å². The normalized spacial score (nSPS) is 34.1. The number of likely N-dealkylation sites (N-methyl/N-ethyl adjacent to an activating group) is 1. The molecule has 1 unspecified atom stereocenters. The summed E-state index contributed by atoms with van der Waals surface area (Å²) in [6, 6.07) is 0. The highest BCUT2D eigenvalue weighted by Crippen LogP contribution is 2.14. The third-order valence-corrected chi connectivity index (χ3v) is 2.61. The molecule has 1 aliphatic rings. The molecule has 1 saturated heterocycles. The van der Waals surface area contributed by atoms with Gasteiger partial charge in [-0.1, -0.05) is 13.8 Å². The molecule has 1 aliphatic heterocycles. The molecule has 3 nitrogen and oxygen atoms in total. The van der Waals surface area contributed by atoms with Crippen LogP contribution in [0.15, 0.2) is 0 Å². The Morgan fingerprint density at radius 1 is 1.55 bits per heavy atom. The summed E-state index contributed by atoms with van der Waals surface area (Å²) >= 11 is 0. The molecule has 0 bridgehead atoms. The van der Waals surface area contributed by atoms with Crippen LogP contribution in [0, 0.1) is 0 Å². The summed E-state index contributed by atoms with van der Waals surface area (Å²) < 4.78 is 0. The van der Waals surface area contributed by atoms with Gasteiger partial charge in [-0.25, -0.2) is 0 Å². The maximum absolute atomic E-state index is 6.18. The summed E-state index contributed by atoms with van der Waals surface area (Å²) in [4.78, 5) is 2.35. The van der Waals surface area contributed by atoms with Crippen LogP contribution >= 0.6 is 0 Å². The molecule has 0 amide bonds. The molecule has 0 aromatic heterocycles. The summed E-state index contributed by atoms with van der Waals surface area (Å²) in [7, 11) is 0. The first kappa shape index (κ1) is 8.97. The summed E-state index contributed by atoms with van der Waals surface area (Å²) in [5, 5.41) is 3.32. The van der Waals surface area contributed by atoms with Gasteiger partial charge >= 0.3 is 0 Å². The minimum atomic E-state index is -0.0903. The largest absolute Gasteiger partial charge is 0.312 e. The monoisotopic (exact) mass is 157 g/mol. The number of nitrogens with two attached hydrogens (primary N) is 1. The second-order valence-corrected chi connectivity index (χ2v) is 3.21. The lowest BCUT2D eigenvalue weighted by Crippen LogP contribution is -2.66. The highest BCUT2D eigenvalue weighted by atomic mass is 15.3. The fourth-order valence-corrected chi connectivity index (χ4v) is 1.67. The zero-order valence-corrected chi connectivity index (χ0v) is 7.56. The standard InChI is InChI=1S/C8H19N3/c1-3-8(9)7-10-5-6-11(8)4-2/h10H,3-7,9H2,1-2H3. The van der Waals surface area contributed by atoms with Crippen LogP contribution < -0.4 is 11.1 Å². The van der Waals surface area contributed by atoms with Gasteiger partial charge in [-0.15, -0.1) is 0 Å². The summed E-state index contributed by atoms with van der Waals surface area (Å²) in [6.07, 6.45) is 1.02. The Bertz CT molecular complexity index is 127. The number of rotatable bonds is 2. The lowest BCUT2D eigenvalue weighted by molar-refractivity contribution is 0.0667. The fourth-order valence-electron chi connectivity index (χ4n) is 1.67. The van der Waals surface area contributed by atoms with Gasteiger partial charge in [0.25, 0.3) is 0 Å². The summed E-state index contributed by atoms with van der Waals surface area (Å²) in [5.41, 5.74) is 6.09. The molecule has 1 atom stereocenters. The van der Waals surface area contributed by atoms with Crippen molar-refractivity contribution in [2.45, 2.75) is 25.9 Å².